The van der Waals surface area contributed by atoms with E-state index in [1.165, 1.54) is 25.9 Å². The van der Waals surface area contributed by atoms with Crippen LogP contribution in [0.1, 0.15) is 33.1 Å². The fraction of sp³-hybridized carbons (Fsp3) is 1.00. The van der Waals surface area contributed by atoms with Gasteiger partial charge >= 0.3 is 0 Å². The van der Waals surface area contributed by atoms with Gasteiger partial charge in [-0.1, -0.05) is 13.8 Å². The van der Waals surface area contributed by atoms with E-state index >= 15 is 0 Å². The Kier molecular flexibility index (Phi) is 3.33. The molecule has 2 N–H and O–H groups in total. The van der Waals surface area contributed by atoms with Gasteiger partial charge in [0, 0.05) is 25.2 Å². The molecule has 3 heteroatoms. The van der Waals surface area contributed by atoms with Crippen LogP contribution in [0.4, 0.5) is 0 Å². The first-order valence-corrected chi connectivity index (χ1v) is 6.16. The van der Waals surface area contributed by atoms with Crippen molar-refractivity contribution < 1.29 is 4.74 Å². The Labute approximate surface area is 93.0 Å². The number of likely N-dealkylation sites (tertiary alicyclic amines) is 1. The zero-order valence-electron chi connectivity index (χ0n) is 10.0. The van der Waals surface area contributed by atoms with Crippen molar-refractivity contribution in [1.82, 2.24) is 4.90 Å². The van der Waals surface area contributed by atoms with Gasteiger partial charge in [0.25, 0.3) is 0 Å². The van der Waals surface area contributed by atoms with Gasteiger partial charge < -0.3 is 10.5 Å². The average Bonchev–Trinajstić information content (AvgIpc) is 2.17. The van der Waals surface area contributed by atoms with Gasteiger partial charge in [-0.15, -0.1) is 0 Å². The maximum absolute atomic E-state index is 6.18. The molecule has 2 saturated heterocycles. The number of rotatable bonds is 1. The fourth-order valence-corrected chi connectivity index (χ4v) is 2.87. The third-order valence-electron chi connectivity index (χ3n) is 3.78. The van der Waals surface area contributed by atoms with Crippen molar-refractivity contribution in [2.75, 3.05) is 26.3 Å². The molecule has 0 aliphatic carbocycles. The van der Waals surface area contributed by atoms with E-state index in [0.717, 1.165) is 19.6 Å². The van der Waals surface area contributed by atoms with E-state index in [2.05, 4.69) is 18.7 Å². The highest BCUT2D eigenvalue weighted by atomic mass is 16.5. The van der Waals surface area contributed by atoms with Crippen molar-refractivity contribution in [1.29, 1.82) is 0 Å². The molecule has 15 heavy (non-hydrogen) atoms. The van der Waals surface area contributed by atoms with Crippen LogP contribution in [0.25, 0.3) is 0 Å². The normalized spacial score (nSPS) is 37.8. The molecule has 2 unspecified atom stereocenters. The van der Waals surface area contributed by atoms with Gasteiger partial charge in [0.1, 0.15) is 0 Å². The zero-order chi connectivity index (χ0) is 10.9. The van der Waals surface area contributed by atoms with Crippen LogP contribution in [0.2, 0.25) is 0 Å². The highest BCUT2D eigenvalue weighted by molar-refractivity contribution is 4.90. The predicted octanol–water partition coefficient (Wildman–Crippen LogP) is 1.22. The summed E-state index contributed by atoms with van der Waals surface area (Å²) in [5.74, 6) is 0. The topological polar surface area (TPSA) is 38.5 Å². The summed E-state index contributed by atoms with van der Waals surface area (Å²) >= 11 is 0. The number of piperidine rings is 1. The second kappa shape index (κ2) is 4.40. The van der Waals surface area contributed by atoms with E-state index < -0.39 is 0 Å². The molecule has 0 aromatic carbocycles. The number of nitrogens with zero attached hydrogens (tertiary/aromatic N) is 1. The summed E-state index contributed by atoms with van der Waals surface area (Å²) in [6.07, 6.45) is 3.66. The Hall–Kier alpha value is -0.120. The van der Waals surface area contributed by atoms with E-state index in [0.29, 0.717) is 17.5 Å². The summed E-state index contributed by atoms with van der Waals surface area (Å²) in [4.78, 5) is 2.55. The predicted molar refractivity (Wildman–Crippen MR) is 61.8 cm³/mol. The summed E-state index contributed by atoms with van der Waals surface area (Å²) < 4.78 is 5.55. The maximum atomic E-state index is 6.18. The molecule has 88 valence electrons. The Bertz CT molecular complexity index is 218. The molecule has 0 aromatic rings. The van der Waals surface area contributed by atoms with Crippen molar-refractivity contribution in [2.45, 2.75) is 45.2 Å². The Morgan fingerprint density at radius 3 is 2.87 bits per heavy atom. The third kappa shape index (κ3) is 2.71. The minimum Gasteiger partial charge on any atom is -0.380 e. The van der Waals surface area contributed by atoms with Crippen LogP contribution in [-0.2, 0) is 4.74 Å². The summed E-state index contributed by atoms with van der Waals surface area (Å²) in [5.41, 5.74) is 6.63. The number of ether oxygens (including phenoxy) is 1. The molecule has 2 aliphatic heterocycles. The summed E-state index contributed by atoms with van der Waals surface area (Å²) in [7, 11) is 0. The number of hydrogen-bond donors (Lipinski definition) is 1. The zero-order valence-corrected chi connectivity index (χ0v) is 10.0. The molecule has 2 aliphatic rings. The molecular formula is C12H24N2O. The van der Waals surface area contributed by atoms with Crippen LogP contribution in [0.3, 0.4) is 0 Å². The monoisotopic (exact) mass is 212 g/mol. The van der Waals surface area contributed by atoms with Crippen LogP contribution in [0.5, 0.6) is 0 Å². The van der Waals surface area contributed by atoms with Gasteiger partial charge in [0.2, 0.25) is 0 Å². The van der Waals surface area contributed by atoms with E-state index in [9.17, 15) is 0 Å². The van der Waals surface area contributed by atoms with Crippen LogP contribution < -0.4 is 5.73 Å². The maximum Gasteiger partial charge on any atom is 0.0636 e. The first kappa shape index (κ1) is 11.4. The van der Waals surface area contributed by atoms with E-state index in [4.69, 9.17) is 10.5 Å². The quantitative estimate of drug-likeness (QED) is 0.710. The fourth-order valence-electron chi connectivity index (χ4n) is 2.87. The molecule has 0 aromatic heterocycles. The van der Waals surface area contributed by atoms with Crippen LogP contribution >= 0.6 is 0 Å². The molecule has 3 nitrogen and oxygen atoms in total. The lowest BCUT2D eigenvalue weighted by Gasteiger charge is -2.45. The largest absolute Gasteiger partial charge is 0.380 e. The Morgan fingerprint density at radius 1 is 1.40 bits per heavy atom. The van der Waals surface area contributed by atoms with Gasteiger partial charge in [0.05, 0.1) is 6.61 Å². The van der Waals surface area contributed by atoms with Crippen molar-refractivity contribution in [2.24, 2.45) is 11.1 Å². The summed E-state index contributed by atoms with van der Waals surface area (Å²) in [6.45, 7) is 8.76. The Balaban J connectivity index is 1.96. The minimum atomic E-state index is 0.313. The standard InChI is InChI=1S/C12H24N2O/c1-12(2)5-3-6-14(9-12)11-8-15-7-4-10(11)13/h10-11H,3-9,13H2,1-2H3. The summed E-state index contributed by atoms with van der Waals surface area (Å²) in [6, 6.07) is 0.769. The molecule has 2 atom stereocenters. The lowest BCUT2D eigenvalue weighted by Crippen LogP contribution is -2.57. The van der Waals surface area contributed by atoms with Crippen molar-refractivity contribution >= 4 is 0 Å². The smallest absolute Gasteiger partial charge is 0.0636 e. The molecule has 0 bridgehead atoms. The lowest BCUT2D eigenvalue weighted by molar-refractivity contribution is -0.0213. The van der Waals surface area contributed by atoms with Gasteiger partial charge in [-0.05, 0) is 31.2 Å². The van der Waals surface area contributed by atoms with Gasteiger partial charge in [0.15, 0.2) is 0 Å². The molecule has 2 heterocycles. The molecule has 0 spiro atoms. The number of nitrogens with two attached hydrogens (primary N) is 1. The minimum absolute atomic E-state index is 0.313. The van der Waals surface area contributed by atoms with E-state index in [1.807, 2.05) is 0 Å². The first-order valence-electron chi connectivity index (χ1n) is 6.16. The lowest BCUT2D eigenvalue weighted by atomic mass is 9.83. The SMILES string of the molecule is CC1(C)CCCN(C2COCCC2N)C1. The second-order valence-electron chi connectivity index (χ2n) is 5.83. The molecule has 0 radical (unpaired) electrons. The molecule has 0 amide bonds. The van der Waals surface area contributed by atoms with Crippen LogP contribution in [0, 0.1) is 5.41 Å². The first-order chi connectivity index (χ1) is 7.08. The van der Waals surface area contributed by atoms with E-state index in [-0.39, 0.29) is 0 Å². The second-order valence-corrected chi connectivity index (χ2v) is 5.83. The van der Waals surface area contributed by atoms with Gasteiger partial charge in [-0.3, -0.25) is 4.90 Å². The summed E-state index contributed by atoms with van der Waals surface area (Å²) in [5, 5.41) is 0. The average molecular weight is 212 g/mol. The third-order valence-corrected chi connectivity index (χ3v) is 3.78. The molecular weight excluding hydrogens is 188 g/mol. The molecule has 2 rings (SSSR count). The van der Waals surface area contributed by atoms with Gasteiger partial charge in [-0.25, -0.2) is 0 Å². The van der Waals surface area contributed by atoms with Crippen molar-refractivity contribution in [3.63, 3.8) is 0 Å². The molecule has 0 saturated carbocycles. The van der Waals surface area contributed by atoms with Gasteiger partial charge in [-0.2, -0.15) is 0 Å². The Morgan fingerprint density at radius 2 is 2.20 bits per heavy atom. The molecule has 2 fully saturated rings. The number of hydrogen-bond acceptors (Lipinski definition) is 3. The highest BCUT2D eigenvalue weighted by Crippen LogP contribution is 2.30. The van der Waals surface area contributed by atoms with Crippen LogP contribution in [0.15, 0.2) is 0 Å². The van der Waals surface area contributed by atoms with Crippen molar-refractivity contribution in [3.05, 3.63) is 0 Å². The van der Waals surface area contributed by atoms with Crippen molar-refractivity contribution in [3.8, 4) is 0 Å². The van der Waals surface area contributed by atoms with E-state index in [1.54, 1.807) is 0 Å². The van der Waals surface area contributed by atoms with Crippen LogP contribution in [-0.4, -0.2) is 43.3 Å². The highest BCUT2D eigenvalue weighted by Gasteiger charge is 2.34.